The number of nitrogens with two attached hydrogens (primary N) is 1. The summed E-state index contributed by atoms with van der Waals surface area (Å²) in [5, 5.41) is 2.68. The van der Waals surface area contributed by atoms with Crippen molar-refractivity contribution in [2.45, 2.75) is 47.0 Å². The van der Waals surface area contributed by atoms with Crippen LogP contribution < -0.4 is 16.0 Å². The number of amides is 2. The van der Waals surface area contributed by atoms with E-state index in [0.29, 0.717) is 13.1 Å². The van der Waals surface area contributed by atoms with E-state index in [-0.39, 0.29) is 12.0 Å². The second-order valence-corrected chi connectivity index (χ2v) is 5.07. The van der Waals surface area contributed by atoms with Gasteiger partial charge in [-0.2, -0.15) is 0 Å². The van der Waals surface area contributed by atoms with E-state index in [2.05, 4.69) is 36.3 Å². The molecule has 5 nitrogen and oxygen atoms in total. The fourth-order valence-electron chi connectivity index (χ4n) is 2.41. The topological polar surface area (TPSA) is 70.7 Å². The Kier molecular flexibility index (Phi) is 7.43. The van der Waals surface area contributed by atoms with Gasteiger partial charge in [0.1, 0.15) is 0 Å². The number of aliphatic imine (C=N–C) groups is 1. The maximum atomic E-state index is 12.5. The maximum absolute atomic E-state index is 12.5. The van der Waals surface area contributed by atoms with Crippen molar-refractivity contribution in [2.24, 2.45) is 10.7 Å². The zero-order valence-corrected chi connectivity index (χ0v) is 14.1. The van der Waals surface area contributed by atoms with E-state index in [4.69, 9.17) is 5.73 Å². The minimum absolute atomic E-state index is 0.178. The van der Waals surface area contributed by atoms with Crippen molar-refractivity contribution in [1.82, 2.24) is 5.32 Å². The number of nitrogens with one attached hydrogen (secondary N) is 1. The van der Waals surface area contributed by atoms with Gasteiger partial charge in [-0.25, -0.2) is 4.79 Å². The number of rotatable bonds is 6. The first-order chi connectivity index (χ1) is 10.6. The van der Waals surface area contributed by atoms with Gasteiger partial charge in [0.25, 0.3) is 0 Å². The number of hydrogen-bond acceptors (Lipinski definition) is 2. The van der Waals surface area contributed by atoms with Crippen LogP contribution in [0.1, 0.15) is 45.2 Å². The number of benzene rings is 1. The summed E-state index contributed by atoms with van der Waals surface area (Å²) in [5.41, 5.74) is 9.09. The van der Waals surface area contributed by atoms with Gasteiger partial charge in [0.15, 0.2) is 5.96 Å². The third-order valence-electron chi connectivity index (χ3n) is 3.54. The number of nitrogens with zero attached hydrogens (tertiary/aromatic N) is 2. The van der Waals surface area contributed by atoms with Crippen molar-refractivity contribution >= 4 is 17.7 Å². The van der Waals surface area contributed by atoms with Crippen LogP contribution in [0.5, 0.6) is 0 Å². The van der Waals surface area contributed by atoms with Crippen LogP contribution in [0.25, 0.3) is 0 Å². The monoisotopic (exact) mass is 304 g/mol. The molecule has 3 N–H and O–H groups in total. The summed E-state index contributed by atoms with van der Waals surface area (Å²) in [6, 6.07) is 5.96. The summed E-state index contributed by atoms with van der Waals surface area (Å²) in [7, 11) is 0. The highest BCUT2D eigenvalue weighted by Gasteiger charge is 2.19. The average Bonchev–Trinajstić information content (AvgIpc) is 2.53. The minimum atomic E-state index is -0.226. The summed E-state index contributed by atoms with van der Waals surface area (Å²) in [4.78, 5) is 18.4. The highest BCUT2D eigenvalue weighted by atomic mass is 16.2. The molecule has 0 bridgehead atoms. The van der Waals surface area contributed by atoms with E-state index < -0.39 is 0 Å². The van der Waals surface area contributed by atoms with Gasteiger partial charge in [-0.3, -0.25) is 15.2 Å². The summed E-state index contributed by atoms with van der Waals surface area (Å²) < 4.78 is 0. The van der Waals surface area contributed by atoms with Crippen molar-refractivity contribution in [1.29, 1.82) is 0 Å². The van der Waals surface area contributed by atoms with Gasteiger partial charge in [-0.1, -0.05) is 39.0 Å². The van der Waals surface area contributed by atoms with Crippen molar-refractivity contribution in [3.8, 4) is 0 Å². The first-order valence-electron chi connectivity index (χ1n) is 8.08. The molecule has 0 heterocycles. The molecule has 0 unspecified atom stereocenters. The molecule has 1 aromatic rings. The standard InChI is InChI=1S/C17H28N4O/c1-5-12-19-16(18)20-17(22)21(8-4)15-13(6-2)10-9-11-14(15)7-3/h9-11H,5-8,12H2,1-4H3,(H3,18,19,20,22). The molecule has 0 atom stereocenters. The fourth-order valence-corrected chi connectivity index (χ4v) is 2.41. The van der Waals surface area contributed by atoms with Gasteiger partial charge in [0.2, 0.25) is 0 Å². The Balaban J connectivity index is 3.08. The zero-order chi connectivity index (χ0) is 16.5. The zero-order valence-electron chi connectivity index (χ0n) is 14.1. The molecule has 122 valence electrons. The lowest BCUT2D eigenvalue weighted by atomic mass is 10.0. The van der Waals surface area contributed by atoms with Gasteiger partial charge in [-0.05, 0) is 37.3 Å². The van der Waals surface area contributed by atoms with Gasteiger partial charge in [0.05, 0.1) is 5.69 Å². The van der Waals surface area contributed by atoms with Crippen LogP contribution in [0.4, 0.5) is 10.5 Å². The molecular weight excluding hydrogens is 276 g/mol. The number of hydrogen-bond donors (Lipinski definition) is 2. The molecule has 1 rings (SSSR count). The molecule has 0 spiro atoms. The van der Waals surface area contributed by atoms with Crippen LogP contribution in [0.15, 0.2) is 23.2 Å². The van der Waals surface area contributed by atoms with E-state index in [0.717, 1.165) is 24.9 Å². The lowest BCUT2D eigenvalue weighted by Gasteiger charge is -2.26. The largest absolute Gasteiger partial charge is 0.370 e. The molecular formula is C17H28N4O. The third-order valence-corrected chi connectivity index (χ3v) is 3.54. The maximum Gasteiger partial charge on any atom is 0.328 e. The fraction of sp³-hybridized carbons (Fsp3) is 0.529. The van der Waals surface area contributed by atoms with Crippen molar-refractivity contribution in [3.05, 3.63) is 29.3 Å². The predicted molar refractivity (Wildman–Crippen MR) is 93.5 cm³/mol. The van der Waals surface area contributed by atoms with E-state index in [1.54, 1.807) is 4.90 Å². The number of guanidine groups is 1. The molecule has 5 heteroatoms. The molecule has 0 saturated heterocycles. The van der Waals surface area contributed by atoms with Crippen molar-refractivity contribution in [3.63, 3.8) is 0 Å². The summed E-state index contributed by atoms with van der Waals surface area (Å²) in [6.07, 6.45) is 2.66. The molecule has 0 aliphatic carbocycles. The van der Waals surface area contributed by atoms with Crippen LogP contribution in [-0.4, -0.2) is 25.1 Å². The summed E-state index contributed by atoms with van der Waals surface area (Å²) in [5.74, 6) is 0.178. The van der Waals surface area contributed by atoms with Gasteiger partial charge in [-0.15, -0.1) is 0 Å². The smallest absolute Gasteiger partial charge is 0.328 e. The highest BCUT2D eigenvalue weighted by Crippen LogP contribution is 2.27. The Morgan fingerprint density at radius 1 is 1.18 bits per heavy atom. The Bertz CT molecular complexity index is 503. The SMILES string of the molecule is CCCN=C(N)NC(=O)N(CC)c1c(CC)cccc1CC. The first-order valence-corrected chi connectivity index (χ1v) is 8.08. The summed E-state index contributed by atoms with van der Waals surface area (Å²) >= 11 is 0. The molecule has 0 fully saturated rings. The predicted octanol–water partition coefficient (Wildman–Crippen LogP) is 3.07. The summed E-state index contributed by atoms with van der Waals surface area (Å²) in [6.45, 7) is 9.37. The van der Waals surface area contributed by atoms with Crippen LogP contribution in [0, 0.1) is 0 Å². The Morgan fingerprint density at radius 2 is 1.77 bits per heavy atom. The number of urea groups is 1. The van der Waals surface area contributed by atoms with Gasteiger partial charge >= 0.3 is 6.03 Å². The Morgan fingerprint density at radius 3 is 2.23 bits per heavy atom. The highest BCUT2D eigenvalue weighted by molar-refractivity contribution is 6.04. The third kappa shape index (κ3) is 4.48. The van der Waals surface area contributed by atoms with Crippen LogP contribution in [-0.2, 0) is 12.8 Å². The molecule has 1 aromatic carbocycles. The number of aryl methyl sites for hydroxylation is 2. The van der Waals surface area contributed by atoms with E-state index >= 15 is 0 Å². The van der Waals surface area contributed by atoms with Gasteiger partial charge in [0, 0.05) is 13.1 Å². The minimum Gasteiger partial charge on any atom is -0.370 e. The van der Waals surface area contributed by atoms with Gasteiger partial charge < -0.3 is 5.73 Å². The Hall–Kier alpha value is -2.04. The average molecular weight is 304 g/mol. The van der Waals surface area contributed by atoms with Crippen LogP contribution in [0.3, 0.4) is 0 Å². The second-order valence-electron chi connectivity index (χ2n) is 5.07. The lowest BCUT2D eigenvalue weighted by molar-refractivity contribution is 0.250. The molecule has 2 amide bonds. The first kappa shape index (κ1) is 18.0. The molecule has 0 saturated carbocycles. The molecule has 0 aliphatic heterocycles. The van der Waals surface area contributed by atoms with Crippen LogP contribution >= 0.6 is 0 Å². The molecule has 0 aromatic heterocycles. The second kappa shape index (κ2) is 9.07. The van der Waals surface area contributed by atoms with Crippen molar-refractivity contribution in [2.75, 3.05) is 18.0 Å². The van der Waals surface area contributed by atoms with E-state index in [1.165, 1.54) is 11.1 Å². The van der Waals surface area contributed by atoms with E-state index in [1.807, 2.05) is 19.9 Å². The van der Waals surface area contributed by atoms with Crippen molar-refractivity contribution < 1.29 is 4.79 Å². The number of para-hydroxylation sites is 1. The molecule has 0 radical (unpaired) electrons. The Labute approximate surface area is 133 Å². The molecule has 22 heavy (non-hydrogen) atoms. The van der Waals surface area contributed by atoms with Crippen LogP contribution in [0.2, 0.25) is 0 Å². The number of anilines is 1. The number of carbonyl (C=O) groups excluding carboxylic acids is 1. The normalized spacial score (nSPS) is 11.4. The molecule has 0 aliphatic rings. The lowest BCUT2D eigenvalue weighted by Crippen LogP contribution is -2.46. The van der Waals surface area contributed by atoms with E-state index in [9.17, 15) is 4.79 Å². The quantitative estimate of drug-likeness (QED) is 0.626. The number of carbonyl (C=O) groups is 1.